The van der Waals surface area contributed by atoms with Crippen LogP contribution in [0.4, 0.5) is 0 Å². The van der Waals surface area contributed by atoms with Crippen molar-refractivity contribution >= 4 is 27.5 Å². The minimum Gasteiger partial charge on any atom is -0.353 e. The zero-order valence-corrected chi connectivity index (χ0v) is 12.3. The van der Waals surface area contributed by atoms with E-state index in [-0.39, 0.29) is 23.9 Å². The Morgan fingerprint density at radius 3 is 2.65 bits per heavy atom. The molecule has 1 aliphatic carbocycles. The molecule has 20 heavy (non-hydrogen) atoms. The van der Waals surface area contributed by atoms with Gasteiger partial charge in [0.1, 0.15) is 0 Å². The molecule has 1 saturated carbocycles. The Hall–Kier alpha value is -1.15. The molecule has 2 rings (SSSR count). The van der Waals surface area contributed by atoms with Crippen LogP contribution in [0.25, 0.3) is 0 Å². The van der Waals surface area contributed by atoms with E-state index in [9.17, 15) is 13.2 Å². The van der Waals surface area contributed by atoms with Crippen molar-refractivity contribution in [2.75, 3.05) is 13.1 Å². The van der Waals surface area contributed by atoms with Gasteiger partial charge >= 0.3 is 0 Å². The standard InChI is InChI=1S/C12H16ClN3O3S/c13-9-2-1-3-10(8-9)20(18,19)16-7-6-15-11(17)12(14)4-5-12/h1-3,8,16H,4-7,14H2,(H,15,17). The Morgan fingerprint density at radius 2 is 2.05 bits per heavy atom. The highest BCUT2D eigenvalue weighted by molar-refractivity contribution is 7.89. The molecule has 6 nitrogen and oxygen atoms in total. The third-order valence-corrected chi connectivity index (χ3v) is 4.74. The van der Waals surface area contributed by atoms with Gasteiger partial charge in [-0.25, -0.2) is 13.1 Å². The van der Waals surface area contributed by atoms with Crippen molar-refractivity contribution in [3.63, 3.8) is 0 Å². The Morgan fingerprint density at radius 1 is 1.35 bits per heavy atom. The van der Waals surface area contributed by atoms with Gasteiger partial charge in [0.05, 0.1) is 10.4 Å². The molecule has 1 aromatic carbocycles. The lowest BCUT2D eigenvalue weighted by atomic mass is 10.3. The second kappa shape index (κ2) is 5.69. The molecule has 0 radical (unpaired) electrons. The summed E-state index contributed by atoms with van der Waals surface area (Å²) < 4.78 is 26.3. The molecule has 0 spiro atoms. The molecule has 0 atom stereocenters. The van der Waals surface area contributed by atoms with Crippen molar-refractivity contribution in [3.8, 4) is 0 Å². The fourth-order valence-corrected chi connectivity index (χ4v) is 2.95. The Balaban J connectivity index is 1.82. The molecular formula is C12H16ClN3O3S. The highest BCUT2D eigenvalue weighted by Crippen LogP contribution is 2.31. The van der Waals surface area contributed by atoms with Gasteiger partial charge in [0.25, 0.3) is 0 Å². The van der Waals surface area contributed by atoms with E-state index in [0.717, 1.165) is 0 Å². The lowest BCUT2D eigenvalue weighted by molar-refractivity contribution is -0.123. The predicted molar refractivity (Wildman–Crippen MR) is 75.8 cm³/mol. The number of rotatable bonds is 6. The number of hydrogen-bond acceptors (Lipinski definition) is 4. The van der Waals surface area contributed by atoms with E-state index in [1.54, 1.807) is 12.1 Å². The number of benzene rings is 1. The third-order valence-electron chi connectivity index (χ3n) is 3.05. The molecule has 8 heteroatoms. The van der Waals surface area contributed by atoms with Crippen LogP contribution in [0.1, 0.15) is 12.8 Å². The molecule has 1 fully saturated rings. The lowest BCUT2D eigenvalue weighted by Gasteiger charge is -2.11. The summed E-state index contributed by atoms with van der Waals surface area (Å²) in [6, 6.07) is 5.97. The molecule has 0 aliphatic heterocycles. The molecule has 4 N–H and O–H groups in total. The van der Waals surface area contributed by atoms with Gasteiger partial charge in [-0.2, -0.15) is 0 Å². The monoisotopic (exact) mass is 317 g/mol. The molecule has 0 saturated heterocycles. The van der Waals surface area contributed by atoms with Crippen molar-refractivity contribution in [3.05, 3.63) is 29.3 Å². The second-order valence-electron chi connectivity index (χ2n) is 4.77. The first-order chi connectivity index (χ1) is 9.33. The number of hydrogen-bond donors (Lipinski definition) is 3. The normalized spacial score (nSPS) is 16.7. The fraction of sp³-hybridized carbons (Fsp3) is 0.417. The minimum atomic E-state index is -3.62. The largest absolute Gasteiger partial charge is 0.353 e. The number of carbonyl (C=O) groups excluding carboxylic acids is 1. The molecular weight excluding hydrogens is 302 g/mol. The number of amides is 1. The van der Waals surface area contributed by atoms with Gasteiger partial charge < -0.3 is 11.1 Å². The summed E-state index contributed by atoms with van der Waals surface area (Å²) in [6.45, 7) is 0.286. The number of sulfonamides is 1. The van der Waals surface area contributed by atoms with Gasteiger partial charge in [0.15, 0.2) is 0 Å². The van der Waals surface area contributed by atoms with Gasteiger partial charge in [0.2, 0.25) is 15.9 Å². The van der Waals surface area contributed by atoms with E-state index >= 15 is 0 Å². The zero-order valence-electron chi connectivity index (χ0n) is 10.7. The van der Waals surface area contributed by atoms with E-state index in [4.69, 9.17) is 17.3 Å². The highest BCUT2D eigenvalue weighted by atomic mass is 35.5. The SMILES string of the molecule is NC1(C(=O)NCCNS(=O)(=O)c2cccc(Cl)c2)CC1. The predicted octanol–water partition coefficient (Wildman–Crippen LogP) is 0.226. The van der Waals surface area contributed by atoms with Crippen molar-refractivity contribution in [1.82, 2.24) is 10.0 Å². The fourth-order valence-electron chi connectivity index (χ4n) is 1.62. The molecule has 110 valence electrons. The van der Waals surface area contributed by atoms with Crippen LogP contribution in [0.5, 0.6) is 0 Å². The topological polar surface area (TPSA) is 101 Å². The maximum Gasteiger partial charge on any atom is 0.240 e. The summed E-state index contributed by atoms with van der Waals surface area (Å²) >= 11 is 5.75. The maximum absolute atomic E-state index is 11.9. The van der Waals surface area contributed by atoms with E-state index in [0.29, 0.717) is 17.9 Å². The van der Waals surface area contributed by atoms with Gasteiger partial charge in [-0.1, -0.05) is 17.7 Å². The number of nitrogens with one attached hydrogen (secondary N) is 2. The van der Waals surface area contributed by atoms with Crippen LogP contribution in [-0.2, 0) is 14.8 Å². The number of halogens is 1. The van der Waals surface area contributed by atoms with E-state index in [2.05, 4.69) is 10.0 Å². The first-order valence-corrected chi connectivity index (χ1v) is 8.02. The Labute approximate surface area is 122 Å². The number of carbonyl (C=O) groups is 1. The summed E-state index contributed by atoms with van der Waals surface area (Å²) in [7, 11) is -3.62. The Bertz CT molecular complexity index is 614. The molecule has 0 aromatic heterocycles. The van der Waals surface area contributed by atoms with Gasteiger partial charge in [-0.15, -0.1) is 0 Å². The first kappa shape index (κ1) is 15.2. The van der Waals surface area contributed by atoms with Crippen LogP contribution in [0.15, 0.2) is 29.2 Å². The van der Waals surface area contributed by atoms with E-state index in [1.165, 1.54) is 12.1 Å². The summed E-state index contributed by atoms with van der Waals surface area (Å²) in [4.78, 5) is 11.6. The smallest absolute Gasteiger partial charge is 0.240 e. The molecule has 1 amide bonds. The van der Waals surface area contributed by atoms with Crippen LogP contribution in [-0.4, -0.2) is 33.0 Å². The van der Waals surface area contributed by atoms with Crippen LogP contribution in [0.3, 0.4) is 0 Å². The average Bonchev–Trinajstić information content (AvgIpc) is 3.14. The van der Waals surface area contributed by atoms with Crippen molar-refractivity contribution < 1.29 is 13.2 Å². The second-order valence-corrected chi connectivity index (χ2v) is 6.97. The van der Waals surface area contributed by atoms with E-state index in [1.807, 2.05) is 0 Å². The quantitative estimate of drug-likeness (QED) is 0.653. The van der Waals surface area contributed by atoms with Crippen LogP contribution < -0.4 is 15.8 Å². The first-order valence-electron chi connectivity index (χ1n) is 6.16. The zero-order chi connectivity index (χ0) is 14.8. The molecule has 1 aliphatic rings. The summed E-state index contributed by atoms with van der Waals surface area (Å²) in [6.07, 6.45) is 1.35. The molecule has 1 aromatic rings. The van der Waals surface area contributed by atoms with Crippen molar-refractivity contribution in [1.29, 1.82) is 0 Å². The Kier molecular flexibility index (Phi) is 4.33. The molecule has 0 bridgehead atoms. The maximum atomic E-state index is 11.9. The van der Waals surface area contributed by atoms with Gasteiger partial charge in [-0.3, -0.25) is 4.79 Å². The van der Waals surface area contributed by atoms with Crippen molar-refractivity contribution in [2.24, 2.45) is 5.73 Å². The summed E-state index contributed by atoms with van der Waals surface area (Å²) in [5, 5.41) is 2.95. The molecule has 0 heterocycles. The minimum absolute atomic E-state index is 0.0915. The third kappa shape index (κ3) is 3.69. The average molecular weight is 318 g/mol. The van der Waals surface area contributed by atoms with Gasteiger partial charge in [-0.05, 0) is 31.0 Å². The summed E-state index contributed by atoms with van der Waals surface area (Å²) in [5.41, 5.74) is 4.96. The van der Waals surface area contributed by atoms with Gasteiger partial charge in [0, 0.05) is 18.1 Å². The summed E-state index contributed by atoms with van der Waals surface area (Å²) in [5.74, 6) is -0.237. The van der Waals surface area contributed by atoms with Crippen molar-refractivity contribution in [2.45, 2.75) is 23.3 Å². The highest BCUT2D eigenvalue weighted by Gasteiger charge is 2.45. The van der Waals surface area contributed by atoms with Crippen LogP contribution in [0.2, 0.25) is 5.02 Å². The van der Waals surface area contributed by atoms with Crippen LogP contribution in [0, 0.1) is 0 Å². The van der Waals surface area contributed by atoms with Crippen LogP contribution >= 0.6 is 11.6 Å². The molecule has 0 unspecified atom stereocenters. The van der Waals surface area contributed by atoms with E-state index < -0.39 is 15.6 Å². The number of nitrogens with two attached hydrogens (primary N) is 1. The lowest BCUT2D eigenvalue weighted by Crippen LogP contribution is -2.45.